The molecule has 0 radical (unpaired) electrons. The lowest BCUT2D eigenvalue weighted by Gasteiger charge is -2.09. The number of imidazole rings is 1. The molecule has 1 atom stereocenters. The van der Waals surface area contributed by atoms with Gasteiger partial charge in [0.2, 0.25) is 0 Å². The summed E-state index contributed by atoms with van der Waals surface area (Å²) in [7, 11) is 1.93. The second-order valence-corrected chi connectivity index (χ2v) is 7.00. The largest absolute Gasteiger partial charge is 0.329 e. The maximum absolute atomic E-state index is 5.97. The van der Waals surface area contributed by atoms with Gasteiger partial charge in [-0.1, -0.05) is 0 Å². The topological polar surface area (TPSA) is 69.9 Å². The zero-order valence-electron chi connectivity index (χ0n) is 9.35. The molecular weight excluding hydrogens is 496 g/mol. The van der Waals surface area contributed by atoms with E-state index < -0.39 is 0 Å². The minimum Gasteiger partial charge on any atom is -0.329 e. The van der Waals surface area contributed by atoms with Crippen LogP contribution in [-0.4, -0.2) is 16.1 Å². The molecule has 98 valence electrons. The molecule has 0 saturated carbocycles. The fourth-order valence-corrected chi connectivity index (χ4v) is 4.19. The fraction of sp³-hybridized carbons (Fsp3) is 0.300. The van der Waals surface area contributed by atoms with Crippen molar-refractivity contribution in [3.8, 4) is 0 Å². The molecule has 0 aliphatic heterocycles. The number of hydrogen-bond donors (Lipinski definition) is 2. The van der Waals surface area contributed by atoms with E-state index in [0.29, 0.717) is 6.54 Å². The molecule has 0 saturated heterocycles. The Hall–Kier alpha value is 0.530. The highest BCUT2D eigenvalue weighted by Crippen LogP contribution is 2.43. The van der Waals surface area contributed by atoms with E-state index in [4.69, 9.17) is 11.5 Å². The van der Waals surface area contributed by atoms with Crippen LogP contribution in [0.1, 0.15) is 11.9 Å². The minimum absolute atomic E-state index is 0.279. The van der Waals surface area contributed by atoms with Gasteiger partial charge in [-0.25, -0.2) is 4.98 Å². The number of nitrogens with two attached hydrogens (primary N) is 2. The Morgan fingerprint density at radius 2 is 1.67 bits per heavy atom. The standard InChI is InChI=1S/C10H10Br4N4/c1-18-9-7(14)5(12)4(11)6(13)8(9)17-10(18)3(16)2-15/h3H,2,15-16H2,1H3. The summed E-state index contributed by atoms with van der Waals surface area (Å²) < 4.78 is 5.61. The molecule has 0 bridgehead atoms. The SMILES string of the molecule is Cn1c(C(N)CN)nc2c(Br)c(Br)c(Br)c(Br)c21. The van der Waals surface area contributed by atoms with Gasteiger partial charge in [0.05, 0.1) is 20.5 Å². The molecule has 0 spiro atoms. The van der Waals surface area contributed by atoms with Gasteiger partial charge in [-0.2, -0.15) is 0 Å². The quantitative estimate of drug-likeness (QED) is 0.484. The molecule has 0 aliphatic rings. The number of fused-ring (bicyclic) bond motifs is 1. The Morgan fingerprint density at radius 3 is 2.22 bits per heavy atom. The maximum atomic E-state index is 5.97. The third-order valence-corrected chi connectivity index (χ3v) is 7.44. The smallest absolute Gasteiger partial charge is 0.127 e. The highest BCUT2D eigenvalue weighted by molar-refractivity contribution is 9.15. The lowest BCUT2D eigenvalue weighted by Crippen LogP contribution is -2.23. The Kier molecular flexibility index (Phi) is 4.56. The van der Waals surface area contributed by atoms with Crippen LogP contribution in [0.3, 0.4) is 0 Å². The molecule has 2 aromatic rings. The Morgan fingerprint density at radius 1 is 1.11 bits per heavy atom. The van der Waals surface area contributed by atoms with E-state index in [-0.39, 0.29) is 6.04 Å². The van der Waals surface area contributed by atoms with Gasteiger partial charge in [0.1, 0.15) is 11.3 Å². The molecule has 1 aromatic carbocycles. The van der Waals surface area contributed by atoms with E-state index >= 15 is 0 Å². The molecule has 18 heavy (non-hydrogen) atoms. The first-order valence-corrected chi connectivity index (χ1v) is 8.21. The normalized spacial score (nSPS) is 13.3. The Balaban J connectivity index is 2.88. The van der Waals surface area contributed by atoms with Gasteiger partial charge in [-0.3, -0.25) is 0 Å². The van der Waals surface area contributed by atoms with Crippen LogP contribution < -0.4 is 11.5 Å². The second-order valence-electron chi connectivity index (χ2n) is 3.82. The van der Waals surface area contributed by atoms with Crippen molar-refractivity contribution in [3.63, 3.8) is 0 Å². The summed E-state index contributed by atoms with van der Waals surface area (Å²) in [6, 6.07) is -0.279. The monoisotopic (exact) mass is 502 g/mol. The molecule has 0 aliphatic carbocycles. The van der Waals surface area contributed by atoms with Crippen molar-refractivity contribution in [2.24, 2.45) is 18.5 Å². The number of rotatable bonds is 2. The molecule has 8 heteroatoms. The van der Waals surface area contributed by atoms with Crippen molar-refractivity contribution in [2.75, 3.05) is 6.54 Å². The summed E-state index contributed by atoms with van der Waals surface area (Å²) in [4.78, 5) is 4.58. The van der Waals surface area contributed by atoms with Crippen molar-refractivity contribution in [1.29, 1.82) is 0 Å². The van der Waals surface area contributed by atoms with Gasteiger partial charge in [-0.05, 0) is 63.7 Å². The fourth-order valence-electron chi connectivity index (χ4n) is 1.76. The van der Waals surface area contributed by atoms with E-state index in [9.17, 15) is 0 Å². The van der Waals surface area contributed by atoms with E-state index in [1.54, 1.807) is 0 Å². The van der Waals surface area contributed by atoms with Crippen LogP contribution in [-0.2, 0) is 7.05 Å². The molecule has 1 aromatic heterocycles. The maximum Gasteiger partial charge on any atom is 0.127 e. The highest BCUT2D eigenvalue weighted by atomic mass is 79.9. The number of halogens is 4. The average molecular weight is 506 g/mol. The summed E-state index contributed by atoms with van der Waals surface area (Å²) in [5.74, 6) is 0.763. The van der Waals surface area contributed by atoms with Gasteiger partial charge in [0.25, 0.3) is 0 Å². The highest BCUT2D eigenvalue weighted by Gasteiger charge is 2.21. The van der Waals surface area contributed by atoms with Gasteiger partial charge in [-0.15, -0.1) is 0 Å². The van der Waals surface area contributed by atoms with E-state index in [2.05, 4.69) is 68.7 Å². The van der Waals surface area contributed by atoms with Gasteiger partial charge in [0.15, 0.2) is 0 Å². The number of hydrogen-bond acceptors (Lipinski definition) is 3. The Bertz CT molecular complexity index is 622. The third kappa shape index (κ3) is 2.20. The zero-order valence-corrected chi connectivity index (χ0v) is 15.7. The number of nitrogens with zero attached hydrogens (tertiary/aromatic N) is 2. The molecule has 1 heterocycles. The minimum atomic E-state index is -0.279. The number of aryl methyl sites for hydroxylation is 1. The number of benzene rings is 1. The molecular formula is C10H10Br4N4. The molecule has 1 unspecified atom stereocenters. The zero-order chi connectivity index (χ0) is 13.6. The molecule has 0 amide bonds. The lowest BCUT2D eigenvalue weighted by atomic mass is 10.3. The summed E-state index contributed by atoms with van der Waals surface area (Å²) in [6.07, 6.45) is 0. The number of aromatic nitrogens is 2. The average Bonchev–Trinajstić information content (AvgIpc) is 2.71. The summed E-state index contributed by atoms with van der Waals surface area (Å²) in [5, 5.41) is 0. The first kappa shape index (κ1) is 14.9. The first-order chi connectivity index (χ1) is 8.40. The first-order valence-electron chi connectivity index (χ1n) is 5.04. The predicted octanol–water partition coefficient (Wildman–Crippen LogP) is 3.58. The summed E-state index contributed by atoms with van der Waals surface area (Å²) in [5.41, 5.74) is 13.4. The molecule has 0 fully saturated rings. The predicted molar refractivity (Wildman–Crippen MR) is 87.5 cm³/mol. The van der Waals surface area contributed by atoms with Crippen molar-refractivity contribution in [2.45, 2.75) is 6.04 Å². The van der Waals surface area contributed by atoms with Crippen LogP contribution in [0.25, 0.3) is 11.0 Å². The van der Waals surface area contributed by atoms with Crippen LogP contribution in [0.2, 0.25) is 0 Å². The van der Waals surface area contributed by atoms with Crippen molar-refractivity contribution >= 4 is 74.8 Å². The van der Waals surface area contributed by atoms with Crippen molar-refractivity contribution < 1.29 is 0 Å². The lowest BCUT2D eigenvalue weighted by molar-refractivity contribution is 0.650. The Labute approximate surface area is 138 Å². The van der Waals surface area contributed by atoms with Crippen LogP contribution in [0.15, 0.2) is 17.9 Å². The van der Waals surface area contributed by atoms with E-state index in [0.717, 1.165) is 34.7 Å². The third-order valence-electron chi connectivity index (χ3n) is 2.71. The van der Waals surface area contributed by atoms with Crippen molar-refractivity contribution in [1.82, 2.24) is 9.55 Å². The van der Waals surface area contributed by atoms with Crippen LogP contribution in [0.5, 0.6) is 0 Å². The summed E-state index contributed by atoms with van der Waals surface area (Å²) in [6.45, 7) is 0.356. The van der Waals surface area contributed by atoms with E-state index in [1.807, 2.05) is 11.6 Å². The molecule has 2 rings (SSSR count). The van der Waals surface area contributed by atoms with Crippen molar-refractivity contribution in [3.05, 3.63) is 23.7 Å². The van der Waals surface area contributed by atoms with Gasteiger partial charge >= 0.3 is 0 Å². The molecule has 4 nitrogen and oxygen atoms in total. The van der Waals surface area contributed by atoms with Crippen LogP contribution >= 0.6 is 63.7 Å². The summed E-state index contributed by atoms with van der Waals surface area (Å²) >= 11 is 14.1. The second kappa shape index (κ2) is 5.49. The van der Waals surface area contributed by atoms with E-state index in [1.165, 1.54) is 0 Å². The molecule has 4 N–H and O–H groups in total. The van der Waals surface area contributed by atoms with Crippen LogP contribution in [0.4, 0.5) is 0 Å². The van der Waals surface area contributed by atoms with Gasteiger partial charge < -0.3 is 16.0 Å². The van der Waals surface area contributed by atoms with Gasteiger partial charge in [0, 0.05) is 22.5 Å². The van der Waals surface area contributed by atoms with Crippen LogP contribution in [0, 0.1) is 0 Å².